The smallest absolute Gasteiger partial charge is 0.406 e. The van der Waals surface area contributed by atoms with E-state index in [1.807, 2.05) is 41.5 Å². The largest absolute Gasteiger partial charge is 0.573 e. The van der Waals surface area contributed by atoms with Gasteiger partial charge in [-0.05, 0) is 27.7 Å². The number of benzene rings is 1. The molecule has 0 amide bonds. The van der Waals surface area contributed by atoms with E-state index in [0.29, 0.717) is 11.4 Å². The van der Waals surface area contributed by atoms with Gasteiger partial charge in [-0.1, -0.05) is 49.5 Å². The van der Waals surface area contributed by atoms with Crippen LogP contribution in [0.3, 0.4) is 0 Å². The summed E-state index contributed by atoms with van der Waals surface area (Å²) < 4.78 is 82.9. The molecule has 0 heterocycles. The van der Waals surface area contributed by atoms with E-state index in [1.54, 1.807) is 0 Å². The van der Waals surface area contributed by atoms with Crippen molar-refractivity contribution in [2.75, 3.05) is 0 Å². The molecule has 0 bridgehead atoms. The van der Waals surface area contributed by atoms with Gasteiger partial charge >= 0.3 is 12.7 Å². The van der Waals surface area contributed by atoms with E-state index in [1.165, 1.54) is 0 Å². The van der Waals surface area contributed by atoms with Crippen LogP contribution in [0.15, 0.2) is 18.2 Å². The third kappa shape index (κ3) is 8.45. The molecule has 2 nitrogen and oxygen atoms in total. The van der Waals surface area contributed by atoms with Gasteiger partial charge in [-0.25, -0.2) is 0 Å². The number of rotatable bonds is 3. The van der Waals surface area contributed by atoms with Crippen LogP contribution in [0.25, 0.3) is 0 Å². The fourth-order valence-corrected chi connectivity index (χ4v) is 6.93. The summed E-state index contributed by atoms with van der Waals surface area (Å²) in [6, 6.07) is 2.86. The minimum absolute atomic E-state index is 0. The molecule has 0 N–H and O–H groups in total. The van der Waals surface area contributed by atoms with Gasteiger partial charge < -0.3 is 9.47 Å². The fraction of sp³-hybridized carbons (Fsp3) is 0.625. The number of hydrogen-bond donors (Lipinski definition) is 0. The average molecular weight is 497 g/mol. The summed E-state index contributed by atoms with van der Waals surface area (Å²) >= 11 is 0. The van der Waals surface area contributed by atoms with E-state index in [2.05, 4.69) is 9.47 Å². The summed E-state index contributed by atoms with van der Waals surface area (Å²) in [5, 5.41) is -0.379. The quantitative estimate of drug-likeness (QED) is 0.282. The van der Waals surface area contributed by atoms with Crippen LogP contribution in [0.1, 0.15) is 41.5 Å². The summed E-state index contributed by atoms with van der Waals surface area (Å²) in [7, 11) is -1.15. The normalized spacial score (nSPS) is 13.4. The Morgan fingerprint density at radius 1 is 0.654 bits per heavy atom. The van der Waals surface area contributed by atoms with Gasteiger partial charge in [-0.15, -0.1) is 26.3 Å². The molecule has 1 aromatic carbocycles. The molecule has 0 saturated carbocycles. The first-order valence-electron chi connectivity index (χ1n) is 7.35. The molecule has 0 radical (unpaired) electrons. The van der Waals surface area contributed by atoms with Crippen molar-refractivity contribution in [3.05, 3.63) is 18.2 Å². The summed E-state index contributed by atoms with van der Waals surface area (Å²) in [5.74, 6) is -1.46. The van der Waals surface area contributed by atoms with E-state index in [4.69, 9.17) is 0 Å². The van der Waals surface area contributed by atoms with Crippen LogP contribution in [0.2, 0.25) is 0 Å². The molecule has 0 atom stereocenters. The Kier molecular flexibility index (Phi) is 8.08. The van der Waals surface area contributed by atoms with Crippen LogP contribution < -0.4 is 14.8 Å². The van der Waals surface area contributed by atoms with Gasteiger partial charge in [0.15, 0.2) is 0 Å². The third-order valence-electron chi connectivity index (χ3n) is 2.93. The molecule has 0 aromatic heterocycles. The van der Waals surface area contributed by atoms with Crippen LogP contribution in [0, 0.1) is 0 Å². The Morgan fingerprint density at radius 3 is 1.19 bits per heavy atom. The van der Waals surface area contributed by atoms with Crippen molar-refractivity contribution in [2.45, 2.75) is 64.6 Å². The van der Waals surface area contributed by atoms with Crippen molar-refractivity contribution in [1.82, 2.24) is 0 Å². The van der Waals surface area contributed by atoms with E-state index < -0.39 is 32.1 Å². The Bertz CT molecular complexity index is 554. The predicted molar refractivity (Wildman–Crippen MR) is 85.9 cm³/mol. The van der Waals surface area contributed by atoms with Gasteiger partial charge in [0, 0.05) is 26.5 Å². The Labute approximate surface area is 164 Å². The van der Waals surface area contributed by atoms with Gasteiger partial charge in [0.05, 0.1) is 0 Å². The SMILES string of the molecule is CC(C)(C)P(c1cc(OC(F)(F)F)cc(OC(F)(F)F)c1)C(C)(C)C.[Pd]. The van der Waals surface area contributed by atoms with Crippen LogP contribution in [0.4, 0.5) is 26.3 Å². The summed E-state index contributed by atoms with van der Waals surface area (Å²) in [4.78, 5) is 0. The fourth-order valence-electron chi connectivity index (χ4n) is 2.85. The molecule has 0 unspecified atom stereocenters. The number of alkyl halides is 6. The van der Waals surface area contributed by atoms with Crippen molar-refractivity contribution in [3.8, 4) is 11.5 Å². The predicted octanol–water partition coefficient (Wildman–Crippen LogP) is 6.19. The maximum absolute atomic E-state index is 12.5. The zero-order chi connectivity index (χ0) is 19.8. The Balaban J connectivity index is 0.00000625. The van der Waals surface area contributed by atoms with Crippen LogP contribution >= 0.6 is 7.92 Å². The Morgan fingerprint density at radius 2 is 0.962 bits per heavy atom. The van der Waals surface area contributed by atoms with Gasteiger partial charge in [0.25, 0.3) is 0 Å². The average Bonchev–Trinajstić information content (AvgIpc) is 2.17. The monoisotopic (exact) mass is 496 g/mol. The number of hydrogen-bond acceptors (Lipinski definition) is 2. The number of ether oxygens (including phenoxy) is 2. The first-order valence-corrected chi connectivity index (χ1v) is 8.69. The second-order valence-corrected chi connectivity index (χ2v) is 11.3. The van der Waals surface area contributed by atoms with E-state index >= 15 is 0 Å². The zero-order valence-electron chi connectivity index (χ0n) is 15.1. The first-order chi connectivity index (χ1) is 10.9. The molecular weight excluding hydrogens is 476 g/mol. The molecule has 154 valence electrons. The first kappa shape index (κ1) is 25.5. The molecule has 1 aromatic rings. The van der Waals surface area contributed by atoms with Gasteiger partial charge in [0.2, 0.25) is 0 Å². The summed E-state index contributed by atoms with van der Waals surface area (Å²) in [5.41, 5.74) is 0. The molecule has 0 spiro atoms. The molecule has 0 aliphatic carbocycles. The van der Waals surface area contributed by atoms with Crippen LogP contribution in [0.5, 0.6) is 11.5 Å². The van der Waals surface area contributed by atoms with Crippen molar-refractivity contribution in [2.24, 2.45) is 0 Å². The number of halogens is 6. The molecule has 0 aliphatic heterocycles. The molecule has 1 rings (SSSR count). The van der Waals surface area contributed by atoms with Crippen molar-refractivity contribution >= 4 is 13.2 Å². The zero-order valence-corrected chi connectivity index (χ0v) is 17.5. The van der Waals surface area contributed by atoms with Crippen LogP contribution in [-0.4, -0.2) is 23.0 Å². The van der Waals surface area contributed by atoms with E-state index in [9.17, 15) is 26.3 Å². The maximum atomic E-state index is 12.5. The Hall–Kier alpha value is -0.508. The van der Waals surface area contributed by atoms with Crippen molar-refractivity contribution in [1.29, 1.82) is 0 Å². The molecular formula is C16H21F6O2PPd. The van der Waals surface area contributed by atoms with Gasteiger partial charge in [0.1, 0.15) is 11.5 Å². The summed E-state index contributed by atoms with van der Waals surface area (Å²) in [6.45, 7) is 11.4. The van der Waals surface area contributed by atoms with Gasteiger partial charge in [-0.2, -0.15) is 0 Å². The second-order valence-electron chi connectivity index (χ2n) is 7.44. The minimum Gasteiger partial charge on any atom is -0.406 e. The molecule has 0 fully saturated rings. The standard InChI is InChI=1S/C16H21F6O2P.Pd/c1-13(2,3)25(14(4,5)6)12-8-10(23-15(17,18)19)7-11(9-12)24-16(20,21)22;/h7-9H,1-6H3;. The molecule has 0 saturated heterocycles. The topological polar surface area (TPSA) is 18.5 Å². The molecule has 26 heavy (non-hydrogen) atoms. The molecule has 0 aliphatic rings. The summed E-state index contributed by atoms with van der Waals surface area (Å²) in [6.07, 6.45) is -10.0. The van der Waals surface area contributed by atoms with Crippen molar-refractivity contribution in [3.63, 3.8) is 0 Å². The third-order valence-corrected chi connectivity index (χ3v) is 6.39. The minimum atomic E-state index is -5.01. The van der Waals surface area contributed by atoms with Crippen LogP contribution in [-0.2, 0) is 20.4 Å². The van der Waals surface area contributed by atoms with E-state index in [0.717, 1.165) is 12.1 Å². The van der Waals surface area contributed by atoms with Gasteiger partial charge in [-0.3, -0.25) is 0 Å². The maximum Gasteiger partial charge on any atom is 0.573 e. The second kappa shape index (κ2) is 8.24. The molecule has 10 heteroatoms. The van der Waals surface area contributed by atoms with E-state index in [-0.39, 0.29) is 30.7 Å². The van der Waals surface area contributed by atoms with Crippen molar-refractivity contribution < 1.29 is 56.2 Å².